The van der Waals surface area contributed by atoms with Crippen molar-refractivity contribution in [3.8, 4) is 0 Å². The number of rotatable bonds is 5. The minimum atomic E-state index is -0.564. The van der Waals surface area contributed by atoms with E-state index in [0.29, 0.717) is 11.4 Å². The molecule has 1 aromatic carbocycles. The summed E-state index contributed by atoms with van der Waals surface area (Å²) >= 11 is 5.98. The van der Waals surface area contributed by atoms with E-state index in [0.717, 1.165) is 0 Å². The monoisotopic (exact) mass is 271 g/mol. The van der Waals surface area contributed by atoms with Gasteiger partial charge in [-0.15, -0.1) is 0 Å². The highest BCUT2D eigenvalue weighted by atomic mass is 35.5. The summed E-state index contributed by atoms with van der Waals surface area (Å²) in [5.74, 6) is -1.01. The van der Waals surface area contributed by atoms with Crippen LogP contribution in [0.3, 0.4) is 0 Å². The Morgan fingerprint density at radius 2 is 2.11 bits per heavy atom. The van der Waals surface area contributed by atoms with E-state index < -0.39 is 11.9 Å². The average Bonchev–Trinajstić information content (AvgIpc) is 2.30. The first-order chi connectivity index (χ1) is 8.45. The van der Waals surface area contributed by atoms with Crippen LogP contribution in [-0.4, -0.2) is 25.5 Å². The number of halogens is 1. The van der Waals surface area contributed by atoms with Crippen molar-refractivity contribution in [2.75, 3.05) is 24.7 Å². The van der Waals surface area contributed by atoms with Crippen molar-refractivity contribution in [2.24, 2.45) is 5.73 Å². The number of nitrogens with two attached hydrogens (primary N) is 2. The van der Waals surface area contributed by atoms with Gasteiger partial charge in [-0.3, -0.25) is 4.79 Å². The van der Waals surface area contributed by atoms with E-state index in [2.05, 4.69) is 10.1 Å². The lowest BCUT2D eigenvalue weighted by Crippen LogP contribution is -2.17. The fourth-order valence-electron chi connectivity index (χ4n) is 1.39. The number of nitrogens with one attached hydrogen (secondary N) is 1. The predicted octanol–water partition coefficient (Wildman–Crippen LogP) is 0.996. The van der Waals surface area contributed by atoms with Crippen molar-refractivity contribution in [1.82, 2.24) is 0 Å². The number of amides is 1. The molecule has 18 heavy (non-hydrogen) atoms. The number of ether oxygens (including phenoxy) is 1. The van der Waals surface area contributed by atoms with Gasteiger partial charge in [-0.25, -0.2) is 4.79 Å². The molecule has 6 nitrogen and oxygen atoms in total. The molecule has 0 atom stereocenters. The van der Waals surface area contributed by atoms with Gasteiger partial charge in [0.25, 0.3) is 0 Å². The van der Waals surface area contributed by atoms with Crippen molar-refractivity contribution < 1.29 is 14.3 Å². The second kappa shape index (κ2) is 6.11. The van der Waals surface area contributed by atoms with Gasteiger partial charge in [0.15, 0.2) is 0 Å². The highest BCUT2D eigenvalue weighted by molar-refractivity contribution is 6.34. The first-order valence-electron chi connectivity index (χ1n) is 5.15. The molecular weight excluding hydrogens is 258 g/mol. The maximum Gasteiger partial charge on any atom is 0.340 e. The van der Waals surface area contributed by atoms with Crippen molar-refractivity contribution in [1.29, 1.82) is 0 Å². The third kappa shape index (κ3) is 3.53. The minimum Gasteiger partial charge on any atom is -0.465 e. The van der Waals surface area contributed by atoms with Gasteiger partial charge in [0.2, 0.25) is 5.91 Å². The maximum atomic E-state index is 11.6. The molecule has 0 aromatic heterocycles. The predicted molar refractivity (Wildman–Crippen MR) is 69.5 cm³/mol. The molecule has 0 heterocycles. The lowest BCUT2D eigenvalue weighted by atomic mass is 10.1. The zero-order valence-electron chi connectivity index (χ0n) is 9.83. The summed E-state index contributed by atoms with van der Waals surface area (Å²) in [7, 11) is 1.26. The quantitative estimate of drug-likeness (QED) is 0.547. The van der Waals surface area contributed by atoms with E-state index in [1.807, 2.05) is 0 Å². The second-order valence-corrected chi connectivity index (χ2v) is 3.97. The lowest BCUT2D eigenvalue weighted by molar-refractivity contribution is -0.117. The Morgan fingerprint density at radius 1 is 1.44 bits per heavy atom. The van der Waals surface area contributed by atoms with Crippen molar-refractivity contribution in [3.63, 3.8) is 0 Å². The minimum absolute atomic E-state index is 0.126. The van der Waals surface area contributed by atoms with E-state index in [1.54, 1.807) is 0 Å². The molecular formula is C11H14ClN3O3. The number of hydrogen-bond acceptors (Lipinski definition) is 5. The van der Waals surface area contributed by atoms with Crippen LogP contribution in [0.5, 0.6) is 0 Å². The largest absolute Gasteiger partial charge is 0.465 e. The van der Waals surface area contributed by atoms with Gasteiger partial charge in [0.1, 0.15) is 0 Å². The van der Waals surface area contributed by atoms with E-state index >= 15 is 0 Å². The Labute approximate surface area is 109 Å². The van der Waals surface area contributed by atoms with E-state index in [9.17, 15) is 9.59 Å². The van der Waals surface area contributed by atoms with Crippen molar-refractivity contribution in [2.45, 2.75) is 6.42 Å². The molecule has 1 rings (SSSR count). The summed E-state index contributed by atoms with van der Waals surface area (Å²) in [4.78, 5) is 22.2. The highest BCUT2D eigenvalue weighted by Crippen LogP contribution is 2.29. The van der Waals surface area contributed by atoms with Gasteiger partial charge >= 0.3 is 5.97 Å². The van der Waals surface area contributed by atoms with Crippen LogP contribution in [0.25, 0.3) is 0 Å². The third-order valence-electron chi connectivity index (χ3n) is 2.19. The Hall–Kier alpha value is -1.95. The van der Waals surface area contributed by atoms with Crippen LogP contribution in [0.1, 0.15) is 16.8 Å². The van der Waals surface area contributed by atoms with Gasteiger partial charge in [-0.05, 0) is 12.1 Å². The molecule has 98 valence electrons. The summed E-state index contributed by atoms with van der Waals surface area (Å²) in [5, 5.41) is 3.14. The molecule has 0 saturated heterocycles. The molecule has 0 aliphatic rings. The molecule has 0 bridgehead atoms. The summed E-state index contributed by atoms with van der Waals surface area (Å²) in [6.45, 7) is 0.267. The first-order valence-corrected chi connectivity index (χ1v) is 5.53. The Bertz CT molecular complexity index is 477. The second-order valence-electron chi connectivity index (χ2n) is 3.56. The van der Waals surface area contributed by atoms with E-state index in [4.69, 9.17) is 23.1 Å². The number of primary amides is 1. The molecule has 0 aliphatic carbocycles. The Morgan fingerprint density at radius 3 is 2.67 bits per heavy atom. The average molecular weight is 272 g/mol. The number of carbonyl (C=O) groups is 2. The number of anilines is 2. The third-order valence-corrected chi connectivity index (χ3v) is 2.49. The standard InChI is InChI=1S/C11H14ClN3O3/c1-18-11(17)7-4-6(13)5-8(12)10(7)15-3-2-9(14)16/h4-5,15H,2-3,13H2,1H3,(H2,14,16). The van der Waals surface area contributed by atoms with Gasteiger partial charge in [0.05, 0.1) is 23.4 Å². The smallest absolute Gasteiger partial charge is 0.340 e. The topological polar surface area (TPSA) is 107 Å². The maximum absolute atomic E-state index is 11.6. The van der Waals surface area contributed by atoms with Gasteiger partial charge in [0, 0.05) is 18.7 Å². The highest BCUT2D eigenvalue weighted by Gasteiger charge is 2.16. The van der Waals surface area contributed by atoms with Crippen LogP contribution in [0.15, 0.2) is 12.1 Å². The van der Waals surface area contributed by atoms with Gasteiger partial charge in [-0.1, -0.05) is 11.6 Å². The van der Waals surface area contributed by atoms with Gasteiger partial charge in [-0.2, -0.15) is 0 Å². The fraction of sp³-hybridized carbons (Fsp3) is 0.273. The van der Waals surface area contributed by atoms with Crippen LogP contribution in [0.4, 0.5) is 11.4 Å². The van der Waals surface area contributed by atoms with Crippen molar-refractivity contribution in [3.05, 3.63) is 22.7 Å². The number of carbonyl (C=O) groups excluding carboxylic acids is 2. The zero-order valence-corrected chi connectivity index (χ0v) is 10.6. The van der Waals surface area contributed by atoms with Crippen LogP contribution in [0, 0.1) is 0 Å². The first kappa shape index (κ1) is 14.1. The summed E-state index contributed by atoms with van der Waals surface area (Å²) in [6, 6.07) is 2.95. The number of nitrogen functional groups attached to an aromatic ring is 1. The van der Waals surface area contributed by atoms with Crippen LogP contribution in [-0.2, 0) is 9.53 Å². The van der Waals surface area contributed by atoms with Crippen LogP contribution < -0.4 is 16.8 Å². The number of methoxy groups -OCH3 is 1. The van der Waals surface area contributed by atoms with Crippen LogP contribution >= 0.6 is 11.6 Å². The molecule has 0 spiro atoms. The number of hydrogen-bond donors (Lipinski definition) is 3. The molecule has 0 fully saturated rings. The number of esters is 1. The van der Waals surface area contributed by atoms with Crippen LogP contribution in [0.2, 0.25) is 5.02 Å². The molecule has 1 amide bonds. The SMILES string of the molecule is COC(=O)c1cc(N)cc(Cl)c1NCCC(N)=O. The zero-order chi connectivity index (χ0) is 13.7. The number of benzene rings is 1. The Balaban J connectivity index is 3.00. The molecule has 7 heteroatoms. The molecule has 0 unspecified atom stereocenters. The molecule has 0 aliphatic heterocycles. The van der Waals surface area contributed by atoms with E-state index in [-0.39, 0.29) is 23.6 Å². The summed E-state index contributed by atoms with van der Waals surface area (Å²) < 4.78 is 4.63. The molecule has 5 N–H and O–H groups in total. The summed E-state index contributed by atoms with van der Waals surface area (Å²) in [5.41, 5.74) is 11.6. The normalized spacial score (nSPS) is 9.89. The Kier molecular flexibility index (Phi) is 4.79. The van der Waals surface area contributed by atoms with E-state index in [1.165, 1.54) is 19.2 Å². The fourth-order valence-corrected chi connectivity index (χ4v) is 1.68. The molecule has 0 radical (unpaired) electrons. The molecule has 0 saturated carbocycles. The van der Waals surface area contributed by atoms with Crippen molar-refractivity contribution >= 4 is 34.9 Å². The lowest BCUT2D eigenvalue weighted by Gasteiger charge is -2.13. The molecule has 1 aromatic rings. The summed E-state index contributed by atoms with van der Waals surface area (Å²) in [6.07, 6.45) is 0.126. The van der Waals surface area contributed by atoms with Gasteiger partial charge < -0.3 is 21.5 Å².